The van der Waals surface area contributed by atoms with Gasteiger partial charge in [-0.1, -0.05) is 19.3 Å². The summed E-state index contributed by atoms with van der Waals surface area (Å²) in [6.07, 6.45) is 12.6. The molecule has 2 aliphatic heterocycles. The van der Waals surface area contributed by atoms with Crippen molar-refractivity contribution in [2.45, 2.75) is 64.2 Å². The summed E-state index contributed by atoms with van der Waals surface area (Å²) in [6, 6.07) is 0. The number of aliphatic imine (C=N–C) groups is 1. The van der Waals surface area contributed by atoms with Crippen LogP contribution in [-0.4, -0.2) is 68.0 Å². The number of hydrogen-bond acceptors (Lipinski definition) is 3. The van der Waals surface area contributed by atoms with Crippen LogP contribution >= 0.6 is 24.0 Å². The van der Waals surface area contributed by atoms with Gasteiger partial charge < -0.3 is 20.9 Å². The zero-order valence-corrected chi connectivity index (χ0v) is 20.0. The number of halogens is 1. The van der Waals surface area contributed by atoms with E-state index >= 15 is 0 Å². The third-order valence-electron chi connectivity index (χ3n) is 7.04. The Labute approximate surface area is 188 Å². The number of rotatable bonds is 6. The van der Waals surface area contributed by atoms with Gasteiger partial charge in [-0.2, -0.15) is 0 Å². The highest BCUT2D eigenvalue weighted by molar-refractivity contribution is 14.0. The monoisotopic (exact) mass is 505 g/mol. The molecule has 162 valence electrons. The van der Waals surface area contributed by atoms with Crippen molar-refractivity contribution in [1.82, 2.24) is 15.1 Å². The fourth-order valence-corrected chi connectivity index (χ4v) is 5.26. The van der Waals surface area contributed by atoms with Crippen LogP contribution in [0.2, 0.25) is 0 Å². The van der Waals surface area contributed by atoms with Gasteiger partial charge in [-0.25, -0.2) is 0 Å². The summed E-state index contributed by atoms with van der Waals surface area (Å²) in [4.78, 5) is 20.7. The summed E-state index contributed by atoms with van der Waals surface area (Å²) in [5, 5.41) is 3.59. The second-order valence-corrected chi connectivity index (χ2v) is 8.93. The van der Waals surface area contributed by atoms with E-state index in [2.05, 4.69) is 20.1 Å². The van der Waals surface area contributed by atoms with E-state index < -0.39 is 0 Å². The molecule has 6 nitrogen and oxygen atoms in total. The maximum Gasteiger partial charge on any atom is 0.220 e. The third-order valence-corrected chi connectivity index (χ3v) is 7.04. The quantitative estimate of drug-likeness (QED) is 0.252. The van der Waals surface area contributed by atoms with Gasteiger partial charge in [0, 0.05) is 32.6 Å². The molecule has 3 fully saturated rings. The standard InChI is InChI=1S/C21H39N5O.HI/c1-23-20(26-16-11-21(17-26)9-3-2-4-10-21)24-12-5-6-13-25-14-7-18(8-15-25)19(22)27;/h18H,2-17H2,1H3,(H2,22,27)(H,23,24);1H. The molecular formula is C21H40IN5O. The first-order valence-corrected chi connectivity index (χ1v) is 11.1. The van der Waals surface area contributed by atoms with Crippen molar-refractivity contribution in [2.75, 3.05) is 46.3 Å². The lowest BCUT2D eigenvalue weighted by molar-refractivity contribution is -0.123. The molecule has 0 aromatic heterocycles. The topological polar surface area (TPSA) is 74.0 Å². The molecule has 0 radical (unpaired) electrons. The van der Waals surface area contributed by atoms with Gasteiger partial charge in [0.25, 0.3) is 0 Å². The largest absolute Gasteiger partial charge is 0.369 e. The van der Waals surface area contributed by atoms with Crippen LogP contribution in [0.3, 0.4) is 0 Å². The van der Waals surface area contributed by atoms with Crippen LogP contribution in [0.15, 0.2) is 4.99 Å². The van der Waals surface area contributed by atoms with Crippen molar-refractivity contribution in [1.29, 1.82) is 0 Å². The molecule has 3 N–H and O–H groups in total. The SMILES string of the molecule is CN=C(NCCCCN1CCC(C(N)=O)CC1)N1CCC2(CCCCC2)C1.I. The number of unbranched alkanes of at least 4 members (excludes halogenated alkanes) is 1. The average Bonchev–Trinajstić information content (AvgIpc) is 3.08. The zero-order chi connectivity index (χ0) is 19.1. The van der Waals surface area contributed by atoms with Crippen LogP contribution in [0.5, 0.6) is 0 Å². The maximum atomic E-state index is 11.2. The number of nitrogens with one attached hydrogen (secondary N) is 1. The van der Waals surface area contributed by atoms with Crippen LogP contribution in [0.25, 0.3) is 0 Å². The Morgan fingerprint density at radius 3 is 2.46 bits per heavy atom. The Hall–Kier alpha value is -0.570. The minimum atomic E-state index is -0.123. The number of carbonyl (C=O) groups excluding carboxylic acids is 1. The molecule has 1 amide bonds. The molecule has 1 spiro atoms. The lowest BCUT2D eigenvalue weighted by Crippen LogP contribution is -2.42. The third kappa shape index (κ3) is 6.47. The Morgan fingerprint density at radius 1 is 1.11 bits per heavy atom. The van der Waals surface area contributed by atoms with E-state index in [0.717, 1.165) is 57.9 Å². The van der Waals surface area contributed by atoms with Gasteiger partial charge in [-0.15, -0.1) is 24.0 Å². The van der Waals surface area contributed by atoms with Gasteiger partial charge in [0.1, 0.15) is 0 Å². The normalized spacial score (nSPS) is 23.6. The van der Waals surface area contributed by atoms with Crippen molar-refractivity contribution < 1.29 is 4.79 Å². The van der Waals surface area contributed by atoms with Crippen LogP contribution in [0.1, 0.15) is 64.2 Å². The predicted octanol–water partition coefficient (Wildman–Crippen LogP) is 2.81. The average molecular weight is 505 g/mol. The highest BCUT2D eigenvalue weighted by Crippen LogP contribution is 2.43. The number of primary amides is 1. The highest BCUT2D eigenvalue weighted by atomic mass is 127. The van der Waals surface area contributed by atoms with Crippen LogP contribution in [0.4, 0.5) is 0 Å². The van der Waals surface area contributed by atoms with Gasteiger partial charge in [0.2, 0.25) is 5.91 Å². The number of likely N-dealkylation sites (tertiary alicyclic amines) is 2. The van der Waals surface area contributed by atoms with Gasteiger partial charge in [0.05, 0.1) is 0 Å². The molecule has 0 aromatic carbocycles. The van der Waals surface area contributed by atoms with E-state index in [0.29, 0.717) is 5.41 Å². The minimum Gasteiger partial charge on any atom is -0.369 e. The maximum absolute atomic E-state index is 11.2. The van der Waals surface area contributed by atoms with E-state index in [1.807, 2.05) is 7.05 Å². The first-order valence-electron chi connectivity index (χ1n) is 11.1. The van der Waals surface area contributed by atoms with E-state index in [4.69, 9.17) is 5.73 Å². The first kappa shape index (κ1) is 23.7. The molecule has 3 aliphatic rings. The van der Waals surface area contributed by atoms with Gasteiger partial charge in [-0.05, 0) is 70.0 Å². The van der Waals surface area contributed by atoms with Crippen molar-refractivity contribution in [2.24, 2.45) is 22.1 Å². The smallest absolute Gasteiger partial charge is 0.220 e. The molecule has 2 heterocycles. The number of nitrogens with zero attached hydrogens (tertiary/aromatic N) is 3. The van der Waals surface area contributed by atoms with E-state index in [1.165, 1.54) is 51.5 Å². The Bertz CT molecular complexity index is 513. The van der Waals surface area contributed by atoms with Crippen molar-refractivity contribution in [3.8, 4) is 0 Å². The summed E-state index contributed by atoms with van der Waals surface area (Å²) in [5.74, 6) is 1.07. The van der Waals surface area contributed by atoms with Crippen LogP contribution in [0, 0.1) is 11.3 Å². The number of piperidine rings is 1. The number of carbonyl (C=O) groups is 1. The molecule has 0 atom stereocenters. The number of guanidine groups is 1. The second-order valence-electron chi connectivity index (χ2n) is 8.93. The predicted molar refractivity (Wildman–Crippen MR) is 126 cm³/mol. The van der Waals surface area contributed by atoms with Crippen LogP contribution < -0.4 is 11.1 Å². The molecule has 0 bridgehead atoms. The molecule has 0 unspecified atom stereocenters. The van der Waals surface area contributed by atoms with E-state index in [-0.39, 0.29) is 35.8 Å². The molecule has 28 heavy (non-hydrogen) atoms. The Morgan fingerprint density at radius 2 is 1.82 bits per heavy atom. The van der Waals surface area contributed by atoms with Gasteiger partial charge >= 0.3 is 0 Å². The van der Waals surface area contributed by atoms with Crippen molar-refractivity contribution in [3.63, 3.8) is 0 Å². The van der Waals surface area contributed by atoms with Crippen molar-refractivity contribution >= 4 is 35.8 Å². The summed E-state index contributed by atoms with van der Waals surface area (Å²) in [6.45, 7) is 6.50. The fourth-order valence-electron chi connectivity index (χ4n) is 5.26. The number of hydrogen-bond donors (Lipinski definition) is 2. The lowest BCUT2D eigenvalue weighted by Gasteiger charge is -2.33. The van der Waals surface area contributed by atoms with E-state index in [9.17, 15) is 4.79 Å². The van der Waals surface area contributed by atoms with Gasteiger partial charge in [0.15, 0.2) is 5.96 Å². The summed E-state index contributed by atoms with van der Waals surface area (Å²) in [5.41, 5.74) is 5.99. The Kier molecular flexibility index (Phi) is 9.80. The molecule has 3 rings (SSSR count). The summed E-state index contributed by atoms with van der Waals surface area (Å²) in [7, 11) is 1.91. The number of amides is 1. The zero-order valence-electron chi connectivity index (χ0n) is 17.6. The molecular weight excluding hydrogens is 465 g/mol. The molecule has 1 aliphatic carbocycles. The van der Waals surface area contributed by atoms with Crippen molar-refractivity contribution in [3.05, 3.63) is 0 Å². The molecule has 2 saturated heterocycles. The fraction of sp³-hybridized carbons (Fsp3) is 0.905. The van der Waals surface area contributed by atoms with E-state index in [1.54, 1.807) is 0 Å². The lowest BCUT2D eigenvalue weighted by atomic mass is 9.73. The second kappa shape index (κ2) is 11.6. The molecule has 1 saturated carbocycles. The molecule has 7 heteroatoms. The molecule has 0 aromatic rings. The van der Waals surface area contributed by atoms with Crippen LogP contribution in [-0.2, 0) is 4.79 Å². The highest BCUT2D eigenvalue weighted by Gasteiger charge is 2.39. The first-order chi connectivity index (χ1) is 13.1. The number of nitrogens with two attached hydrogens (primary N) is 1. The minimum absolute atomic E-state index is 0. The summed E-state index contributed by atoms with van der Waals surface area (Å²) >= 11 is 0. The summed E-state index contributed by atoms with van der Waals surface area (Å²) < 4.78 is 0. The van der Waals surface area contributed by atoms with Gasteiger partial charge in [-0.3, -0.25) is 9.79 Å². The Balaban J connectivity index is 0.00000280.